The number of ether oxygens (including phenoxy) is 2. The number of sulfonamides is 1. The fraction of sp³-hybridized carbons (Fsp3) is 0.222. The van der Waals surface area contributed by atoms with Crippen molar-refractivity contribution < 1.29 is 27.5 Å². The van der Waals surface area contributed by atoms with Crippen LogP contribution >= 0.6 is 0 Å². The molecule has 0 radical (unpaired) electrons. The fourth-order valence-electron chi connectivity index (χ4n) is 2.22. The van der Waals surface area contributed by atoms with Crippen molar-refractivity contribution in [3.05, 3.63) is 53.6 Å². The summed E-state index contributed by atoms with van der Waals surface area (Å²) in [5, 5.41) is 2.40. The van der Waals surface area contributed by atoms with E-state index in [0.29, 0.717) is 0 Å². The normalized spacial score (nSPS) is 10.8. The van der Waals surface area contributed by atoms with Crippen LogP contribution in [0.25, 0.3) is 0 Å². The molecule has 0 heterocycles. The van der Waals surface area contributed by atoms with Crippen LogP contribution in [0.5, 0.6) is 5.75 Å². The van der Waals surface area contributed by atoms with Gasteiger partial charge in [0.05, 0.1) is 14.2 Å². The maximum Gasteiger partial charge on any atom is 0.325 e. The third-order valence-corrected chi connectivity index (χ3v) is 5.03. The molecule has 2 N–H and O–H groups in total. The van der Waals surface area contributed by atoms with Gasteiger partial charge >= 0.3 is 5.97 Å². The van der Waals surface area contributed by atoms with Crippen molar-refractivity contribution in [2.75, 3.05) is 25.5 Å². The molecule has 2 rings (SSSR count). The lowest BCUT2D eigenvalue weighted by Crippen LogP contribution is -2.30. The minimum atomic E-state index is -3.87. The highest BCUT2D eigenvalue weighted by Gasteiger charge is 2.20. The zero-order valence-electron chi connectivity index (χ0n) is 15.1. The first-order chi connectivity index (χ1) is 12.8. The average molecular weight is 392 g/mol. The number of hydrogen-bond donors (Lipinski definition) is 2. The number of hydrogen-bond acceptors (Lipinski definition) is 6. The molecule has 0 saturated heterocycles. The first-order valence-corrected chi connectivity index (χ1v) is 9.37. The highest BCUT2D eigenvalue weighted by molar-refractivity contribution is 7.92. The molecule has 144 valence electrons. The van der Waals surface area contributed by atoms with E-state index < -0.39 is 21.9 Å². The smallest absolute Gasteiger partial charge is 0.325 e. The largest absolute Gasteiger partial charge is 0.495 e. The third-order valence-electron chi connectivity index (χ3n) is 3.63. The van der Waals surface area contributed by atoms with Crippen LogP contribution in [0.4, 0.5) is 5.69 Å². The van der Waals surface area contributed by atoms with Gasteiger partial charge in [0.25, 0.3) is 15.9 Å². The van der Waals surface area contributed by atoms with Gasteiger partial charge in [0.1, 0.15) is 17.2 Å². The molecule has 2 aromatic carbocycles. The topological polar surface area (TPSA) is 111 Å². The van der Waals surface area contributed by atoms with E-state index >= 15 is 0 Å². The summed E-state index contributed by atoms with van der Waals surface area (Å²) in [6.07, 6.45) is 0. The first-order valence-electron chi connectivity index (χ1n) is 7.89. The lowest BCUT2D eigenvalue weighted by atomic mass is 10.2. The first kappa shape index (κ1) is 20.2. The molecule has 1 amide bonds. The monoisotopic (exact) mass is 392 g/mol. The van der Waals surface area contributed by atoms with Crippen LogP contribution in [0.15, 0.2) is 47.4 Å². The van der Waals surface area contributed by atoms with Crippen LogP contribution in [-0.2, 0) is 19.6 Å². The van der Waals surface area contributed by atoms with Crippen molar-refractivity contribution >= 4 is 27.6 Å². The number of methoxy groups -OCH3 is 2. The Morgan fingerprint density at radius 2 is 1.70 bits per heavy atom. The standard InChI is InChI=1S/C18H20N2O6S/c1-12-4-9-15(25-2)16(10-12)27(23,24)20-14-7-5-13(6-8-14)18(22)19-11-17(21)26-3/h4-10,20H,11H2,1-3H3,(H,19,22). The predicted molar refractivity (Wildman–Crippen MR) is 99.3 cm³/mol. The Balaban J connectivity index is 2.15. The Morgan fingerprint density at radius 1 is 1.04 bits per heavy atom. The minimum Gasteiger partial charge on any atom is -0.495 e. The second kappa shape index (κ2) is 8.54. The molecule has 0 unspecified atom stereocenters. The molecule has 0 bridgehead atoms. The Morgan fingerprint density at radius 3 is 2.30 bits per heavy atom. The van der Waals surface area contributed by atoms with Gasteiger partial charge in [-0.3, -0.25) is 14.3 Å². The van der Waals surface area contributed by atoms with Gasteiger partial charge < -0.3 is 14.8 Å². The van der Waals surface area contributed by atoms with E-state index in [-0.39, 0.29) is 28.4 Å². The summed E-state index contributed by atoms with van der Waals surface area (Å²) < 4.78 is 37.3. The molecule has 0 atom stereocenters. The average Bonchev–Trinajstić information content (AvgIpc) is 2.66. The van der Waals surface area contributed by atoms with E-state index in [9.17, 15) is 18.0 Å². The van der Waals surface area contributed by atoms with Crippen LogP contribution in [0.2, 0.25) is 0 Å². The summed E-state index contributed by atoms with van der Waals surface area (Å²) in [5.41, 5.74) is 1.33. The Hall–Kier alpha value is -3.07. The fourth-order valence-corrected chi connectivity index (χ4v) is 3.53. The van der Waals surface area contributed by atoms with Gasteiger partial charge in [-0.2, -0.15) is 0 Å². The van der Waals surface area contributed by atoms with Crippen molar-refractivity contribution in [1.29, 1.82) is 0 Å². The van der Waals surface area contributed by atoms with Crippen LogP contribution in [0, 0.1) is 6.92 Å². The van der Waals surface area contributed by atoms with Crippen molar-refractivity contribution in [1.82, 2.24) is 5.32 Å². The molecule has 0 aliphatic heterocycles. The summed E-state index contributed by atoms with van der Waals surface area (Å²) in [5.74, 6) is -0.818. The molecule has 0 spiro atoms. The molecule has 0 aliphatic carbocycles. The maximum absolute atomic E-state index is 12.6. The Kier molecular flexibility index (Phi) is 6.40. The van der Waals surface area contributed by atoms with Crippen LogP contribution in [-0.4, -0.2) is 41.1 Å². The lowest BCUT2D eigenvalue weighted by Gasteiger charge is -2.12. The molecule has 2 aromatic rings. The number of nitrogens with one attached hydrogen (secondary N) is 2. The van der Waals surface area contributed by atoms with Gasteiger partial charge in [-0.15, -0.1) is 0 Å². The third kappa shape index (κ3) is 5.20. The van der Waals surface area contributed by atoms with Gasteiger partial charge in [-0.25, -0.2) is 8.42 Å². The summed E-state index contributed by atoms with van der Waals surface area (Å²) in [6.45, 7) is 1.52. The van der Waals surface area contributed by atoms with Crippen molar-refractivity contribution in [3.8, 4) is 5.75 Å². The van der Waals surface area contributed by atoms with Gasteiger partial charge in [0, 0.05) is 11.3 Å². The van der Waals surface area contributed by atoms with E-state index in [0.717, 1.165) is 5.56 Å². The Bertz CT molecular complexity index is 939. The van der Waals surface area contributed by atoms with Gasteiger partial charge in [0.2, 0.25) is 0 Å². The van der Waals surface area contributed by atoms with Crippen molar-refractivity contribution in [2.45, 2.75) is 11.8 Å². The molecule has 0 aromatic heterocycles. The zero-order chi connectivity index (χ0) is 20.0. The highest BCUT2D eigenvalue weighted by Crippen LogP contribution is 2.26. The SMILES string of the molecule is COC(=O)CNC(=O)c1ccc(NS(=O)(=O)c2cc(C)ccc2OC)cc1. The Labute approximate surface area is 157 Å². The second-order valence-corrected chi connectivity index (χ2v) is 7.25. The predicted octanol–water partition coefficient (Wildman–Crippen LogP) is 1.71. The van der Waals surface area contributed by atoms with Crippen molar-refractivity contribution in [3.63, 3.8) is 0 Å². The van der Waals surface area contributed by atoms with Crippen LogP contribution in [0.3, 0.4) is 0 Å². The van der Waals surface area contributed by atoms with Gasteiger partial charge in [0.15, 0.2) is 0 Å². The number of amides is 1. The molecular formula is C18H20N2O6S. The summed E-state index contributed by atoms with van der Waals surface area (Å²) in [6, 6.07) is 10.6. The number of rotatable bonds is 7. The summed E-state index contributed by atoms with van der Waals surface area (Å²) in [4.78, 5) is 23.0. The number of carbonyl (C=O) groups is 2. The van der Waals surface area contributed by atoms with Crippen LogP contribution in [0.1, 0.15) is 15.9 Å². The van der Waals surface area contributed by atoms with E-state index in [4.69, 9.17) is 4.74 Å². The van der Waals surface area contributed by atoms with E-state index in [1.807, 2.05) is 0 Å². The second-order valence-electron chi connectivity index (χ2n) is 5.60. The number of benzene rings is 2. The number of carbonyl (C=O) groups excluding carboxylic acids is 2. The molecule has 0 saturated carbocycles. The van der Waals surface area contributed by atoms with Gasteiger partial charge in [-0.1, -0.05) is 6.07 Å². The molecule has 0 aliphatic rings. The molecule has 9 heteroatoms. The number of anilines is 1. The lowest BCUT2D eigenvalue weighted by molar-refractivity contribution is -0.139. The molecular weight excluding hydrogens is 372 g/mol. The quantitative estimate of drug-likeness (QED) is 0.694. The summed E-state index contributed by atoms with van der Waals surface area (Å²) in [7, 11) is -1.26. The highest BCUT2D eigenvalue weighted by atomic mass is 32.2. The number of esters is 1. The van der Waals surface area contributed by atoms with Crippen molar-refractivity contribution in [2.24, 2.45) is 0 Å². The molecule has 8 nitrogen and oxygen atoms in total. The molecule has 27 heavy (non-hydrogen) atoms. The zero-order valence-corrected chi connectivity index (χ0v) is 15.9. The van der Waals surface area contributed by atoms with E-state index in [1.165, 1.54) is 44.6 Å². The minimum absolute atomic E-state index is 0.0184. The van der Waals surface area contributed by atoms with E-state index in [1.54, 1.807) is 19.1 Å². The van der Waals surface area contributed by atoms with E-state index in [2.05, 4.69) is 14.8 Å². The van der Waals surface area contributed by atoms with Gasteiger partial charge in [-0.05, 0) is 48.9 Å². The number of aryl methyl sites for hydroxylation is 1. The maximum atomic E-state index is 12.6. The van der Waals surface area contributed by atoms with Crippen LogP contribution < -0.4 is 14.8 Å². The molecule has 0 fully saturated rings. The summed E-state index contributed by atoms with van der Waals surface area (Å²) >= 11 is 0.